The normalized spacial score (nSPS) is 19.1. The second-order valence-electron chi connectivity index (χ2n) is 5.04. The minimum Gasteiger partial charge on any atom is -0.376 e. The van der Waals surface area contributed by atoms with Crippen molar-refractivity contribution in [3.05, 3.63) is 28.5 Å². The molecule has 1 saturated heterocycles. The maximum absolute atomic E-state index is 12.1. The first-order chi connectivity index (χ1) is 9.56. The molecule has 5 nitrogen and oxygen atoms in total. The number of nitrogens with zero attached hydrogens (tertiary/aromatic N) is 1. The molecule has 0 bridgehead atoms. The van der Waals surface area contributed by atoms with Crippen molar-refractivity contribution in [1.82, 2.24) is 10.3 Å². The summed E-state index contributed by atoms with van der Waals surface area (Å²) in [6.45, 7) is 6.13. The predicted octanol–water partition coefficient (Wildman–Crippen LogP) is 2.00. The maximum Gasteiger partial charge on any atom is 0.251 e. The van der Waals surface area contributed by atoms with Crippen LogP contribution in [0.3, 0.4) is 0 Å². The molecule has 1 aliphatic rings. The van der Waals surface area contributed by atoms with Crippen molar-refractivity contribution in [1.29, 1.82) is 0 Å². The molecule has 2 rings (SSSR count). The fraction of sp³-hybridized carbons (Fsp3) is 0.571. The second-order valence-corrected chi connectivity index (χ2v) is 5.42. The summed E-state index contributed by atoms with van der Waals surface area (Å²) in [4.78, 5) is 16.3. The number of hydrogen-bond acceptors (Lipinski definition) is 4. The number of carbonyl (C=O) groups is 1. The Morgan fingerprint density at radius 3 is 2.95 bits per heavy atom. The Bertz CT molecular complexity index is 473. The fourth-order valence-electron chi connectivity index (χ4n) is 1.91. The number of aromatic nitrogens is 1. The Kier molecular flexibility index (Phi) is 5.34. The van der Waals surface area contributed by atoms with Gasteiger partial charge < -0.3 is 14.8 Å². The van der Waals surface area contributed by atoms with Crippen LogP contribution in [0.1, 0.15) is 35.8 Å². The number of amides is 1. The van der Waals surface area contributed by atoms with Crippen molar-refractivity contribution in [2.75, 3.05) is 26.4 Å². The van der Waals surface area contributed by atoms with E-state index in [-0.39, 0.29) is 17.9 Å². The first-order valence-corrected chi connectivity index (χ1v) is 7.09. The average molecular weight is 299 g/mol. The van der Waals surface area contributed by atoms with Crippen LogP contribution in [0.15, 0.2) is 12.1 Å². The van der Waals surface area contributed by atoms with Gasteiger partial charge in [-0.2, -0.15) is 0 Å². The van der Waals surface area contributed by atoms with E-state index in [0.29, 0.717) is 37.1 Å². The van der Waals surface area contributed by atoms with Crippen LogP contribution in [0, 0.1) is 0 Å². The summed E-state index contributed by atoms with van der Waals surface area (Å²) in [6.07, 6.45) is -0.0884. The van der Waals surface area contributed by atoms with Crippen LogP contribution in [0.2, 0.25) is 5.15 Å². The van der Waals surface area contributed by atoms with E-state index < -0.39 is 0 Å². The van der Waals surface area contributed by atoms with Gasteiger partial charge in [-0.25, -0.2) is 4.98 Å². The summed E-state index contributed by atoms with van der Waals surface area (Å²) in [7, 11) is 0. The first kappa shape index (κ1) is 15.2. The van der Waals surface area contributed by atoms with Crippen molar-refractivity contribution in [3.63, 3.8) is 0 Å². The number of halogens is 1. The number of hydrogen-bond donors (Lipinski definition) is 1. The molecule has 1 aromatic rings. The lowest BCUT2D eigenvalue weighted by molar-refractivity contribution is -0.0855. The number of rotatable bonds is 4. The van der Waals surface area contributed by atoms with Gasteiger partial charge in [-0.1, -0.05) is 25.4 Å². The number of pyridine rings is 1. The van der Waals surface area contributed by atoms with Gasteiger partial charge >= 0.3 is 0 Å². The molecule has 0 radical (unpaired) electrons. The van der Waals surface area contributed by atoms with Gasteiger partial charge in [0.25, 0.3) is 5.91 Å². The largest absolute Gasteiger partial charge is 0.376 e. The zero-order chi connectivity index (χ0) is 14.5. The van der Waals surface area contributed by atoms with E-state index in [2.05, 4.69) is 10.3 Å². The SMILES string of the molecule is CC(C)c1cc(C(=O)NCC2COCCO2)cc(Cl)n1. The molecule has 1 unspecified atom stereocenters. The smallest absolute Gasteiger partial charge is 0.251 e. The lowest BCUT2D eigenvalue weighted by Gasteiger charge is -2.23. The third-order valence-electron chi connectivity index (χ3n) is 3.04. The molecule has 110 valence electrons. The monoisotopic (exact) mass is 298 g/mol. The van der Waals surface area contributed by atoms with E-state index in [0.717, 1.165) is 5.69 Å². The van der Waals surface area contributed by atoms with Gasteiger partial charge in [0.05, 0.1) is 25.9 Å². The quantitative estimate of drug-likeness (QED) is 0.864. The van der Waals surface area contributed by atoms with Gasteiger partial charge in [-0.05, 0) is 18.1 Å². The summed E-state index contributed by atoms with van der Waals surface area (Å²) in [5, 5.41) is 3.16. The van der Waals surface area contributed by atoms with Crippen LogP contribution < -0.4 is 5.32 Å². The molecule has 1 aliphatic heterocycles. The third-order valence-corrected chi connectivity index (χ3v) is 3.24. The molecule has 0 spiro atoms. The second kappa shape index (κ2) is 7.02. The molecule has 0 saturated carbocycles. The molecule has 1 amide bonds. The molecular formula is C14H19ClN2O3. The Morgan fingerprint density at radius 2 is 2.30 bits per heavy atom. The summed E-state index contributed by atoms with van der Waals surface area (Å²) >= 11 is 5.95. The standard InChI is InChI=1S/C14H19ClN2O3/c1-9(2)12-5-10(6-13(15)17-12)14(18)16-7-11-8-19-3-4-20-11/h5-6,9,11H,3-4,7-8H2,1-2H3,(H,16,18). The summed E-state index contributed by atoms with van der Waals surface area (Å²) < 4.78 is 10.8. The van der Waals surface area contributed by atoms with Crippen LogP contribution in [0.5, 0.6) is 0 Å². The highest BCUT2D eigenvalue weighted by atomic mass is 35.5. The van der Waals surface area contributed by atoms with Gasteiger partial charge in [0.2, 0.25) is 0 Å². The van der Waals surface area contributed by atoms with Crippen LogP contribution in [-0.4, -0.2) is 43.4 Å². The average Bonchev–Trinajstić information content (AvgIpc) is 2.45. The van der Waals surface area contributed by atoms with Crippen molar-refractivity contribution in [3.8, 4) is 0 Å². The van der Waals surface area contributed by atoms with Gasteiger partial charge in [0, 0.05) is 17.8 Å². The molecule has 6 heteroatoms. The van der Waals surface area contributed by atoms with Crippen LogP contribution in [0.25, 0.3) is 0 Å². The first-order valence-electron chi connectivity index (χ1n) is 6.71. The fourth-order valence-corrected chi connectivity index (χ4v) is 2.12. The minimum atomic E-state index is -0.176. The van der Waals surface area contributed by atoms with Gasteiger partial charge in [-0.3, -0.25) is 4.79 Å². The Morgan fingerprint density at radius 1 is 1.50 bits per heavy atom. The molecular weight excluding hydrogens is 280 g/mol. The summed E-state index contributed by atoms with van der Waals surface area (Å²) in [5.74, 6) is 0.0423. The summed E-state index contributed by atoms with van der Waals surface area (Å²) in [6, 6.07) is 3.34. The highest BCUT2D eigenvalue weighted by molar-refractivity contribution is 6.29. The third kappa shape index (κ3) is 4.16. The molecule has 1 aromatic heterocycles. The van der Waals surface area contributed by atoms with E-state index in [1.807, 2.05) is 13.8 Å². The Hall–Kier alpha value is -1.17. The minimum absolute atomic E-state index is 0.0884. The lowest BCUT2D eigenvalue weighted by Crippen LogP contribution is -2.39. The van der Waals surface area contributed by atoms with Crippen molar-refractivity contribution < 1.29 is 14.3 Å². The van der Waals surface area contributed by atoms with Crippen molar-refractivity contribution in [2.45, 2.75) is 25.9 Å². The molecule has 1 N–H and O–H groups in total. The van der Waals surface area contributed by atoms with Gasteiger partial charge in [-0.15, -0.1) is 0 Å². The molecule has 20 heavy (non-hydrogen) atoms. The molecule has 1 atom stereocenters. The topological polar surface area (TPSA) is 60.5 Å². The molecule has 0 aromatic carbocycles. The van der Waals surface area contributed by atoms with Crippen molar-refractivity contribution >= 4 is 17.5 Å². The number of carbonyl (C=O) groups excluding carboxylic acids is 1. The molecule has 1 fully saturated rings. The number of ether oxygens (including phenoxy) is 2. The van der Waals surface area contributed by atoms with E-state index >= 15 is 0 Å². The predicted molar refractivity (Wildman–Crippen MR) is 76.2 cm³/mol. The van der Waals surface area contributed by atoms with E-state index in [4.69, 9.17) is 21.1 Å². The van der Waals surface area contributed by atoms with E-state index in [1.165, 1.54) is 0 Å². The van der Waals surface area contributed by atoms with E-state index in [1.54, 1.807) is 12.1 Å². The van der Waals surface area contributed by atoms with Crippen LogP contribution in [0.4, 0.5) is 0 Å². The highest BCUT2D eigenvalue weighted by Gasteiger charge is 2.16. The van der Waals surface area contributed by atoms with Crippen LogP contribution in [-0.2, 0) is 9.47 Å². The number of nitrogens with one attached hydrogen (secondary N) is 1. The van der Waals surface area contributed by atoms with Crippen molar-refractivity contribution in [2.24, 2.45) is 0 Å². The highest BCUT2D eigenvalue weighted by Crippen LogP contribution is 2.17. The lowest BCUT2D eigenvalue weighted by atomic mass is 10.1. The Labute approximate surface area is 123 Å². The zero-order valence-corrected chi connectivity index (χ0v) is 12.4. The van der Waals surface area contributed by atoms with E-state index in [9.17, 15) is 4.79 Å². The summed E-state index contributed by atoms with van der Waals surface area (Å²) in [5.41, 5.74) is 1.32. The Balaban J connectivity index is 1.97. The molecule has 0 aliphatic carbocycles. The molecule has 2 heterocycles. The van der Waals surface area contributed by atoms with Gasteiger partial charge in [0.1, 0.15) is 5.15 Å². The van der Waals surface area contributed by atoms with Gasteiger partial charge in [0.15, 0.2) is 0 Å². The van der Waals surface area contributed by atoms with Crippen LogP contribution >= 0.6 is 11.6 Å². The maximum atomic E-state index is 12.1. The zero-order valence-electron chi connectivity index (χ0n) is 11.7.